The largest absolute Gasteiger partial charge is 0.497 e. The molecule has 3 rings (SSSR count). The van der Waals surface area contributed by atoms with Crippen LogP contribution >= 0.6 is 0 Å². The zero-order chi connectivity index (χ0) is 19.4. The molecule has 1 aromatic carbocycles. The minimum atomic E-state index is -0.147. The molecule has 1 N–H and O–H groups in total. The van der Waals surface area contributed by atoms with Crippen LogP contribution in [0.3, 0.4) is 0 Å². The van der Waals surface area contributed by atoms with Crippen LogP contribution in [0.4, 0.5) is 11.5 Å². The highest BCUT2D eigenvalue weighted by Crippen LogP contribution is 2.19. The SMILES string of the molecule is CCC(C)Nc1nc2c(C)cccn2c(=O)c1C=Nc1ccc(OC)cc1. The van der Waals surface area contributed by atoms with Gasteiger partial charge in [0.2, 0.25) is 0 Å². The first-order chi connectivity index (χ1) is 13.0. The lowest BCUT2D eigenvalue weighted by molar-refractivity contribution is 0.415. The Hall–Kier alpha value is -3.15. The zero-order valence-electron chi connectivity index (χ0n) is 16.1. The standard InChI is InChI=1S/C21H24N4O2/c1-5-15(3)23-19-18(13-22-16-8-10-17(27-4)11-9-16)21(26)25-12-6-7-14(2)20(25)24-19/h6-13,15,23H,5H2,1-4H3. The lowest BCUT2D eigenvalue weighted by Gasteiger charge is -2.15. The maximum absolute atomic E-state index is 13.1. The first-order valence-corrected chi connectivity index (χ1v) is 9.00. The molecule has 0 fully saturated rings. The summed E-state index contributed by atoms with van der Waals surface area (Å²) in [7, 11) is 1.62. The second-order valence-electron chi connectivity index (χ2n) is 6.47. The van der Waals surface area contributed by atoms with E-state index in [9.17, 15) is 4.79 Å². The van der Waals surface area contributed by atoms with Gasteiger partial charge in [0.25, 0.3) is 5.56 Å². The lowest BCUT2D eigenvalue weighted by Crippen LogP contribution is -2.25. The summed E-state index contributed by atoms with van der Waals surface area (Å²) in [5, 5.41) is 3.34. The quantitative estimate of drug-likeness (QED) is 0.672. The smallest absolute Gasteiger partial charge is 0.268 e. The molecule has 0 saturated carbocycles. The van der Waals surface area contributed by atoms with Crippen molar-refractivity contribution in [2.24, 2.45) is 4.99 Å². The summed E-state index contributed by atoms with van der Waals surface area (Å²) in [5.74, 6) is 1.32. The molecule has 0 radical (unpaired) electrons. The molecule has 1 atom stereocenters. The molecule has 0 bridgehead atoms. The van der Waals surface area contributed by atoms with Crippen molar-refractivity contribution >= 4 is 23.4 Å². The fourth-order valence-corrected chi connectivity index (χ4v) is 2.68. The Morgan fingerprint density at radius 1 is 1.30 bits per heavy atom. The fourth-order valence-electron chi connectivity index (χ4n) is 2.68. The number of nitrogens with zero attached hydrogens (tertiary/aromatic N) is 3. The summed E-state index contributed by atoms with van der Waals surface area (Å²) in [4.78, 5) is 22.2. The second-order valence-corrected chi connectivity index (χ2v) is 6.47. The van der Waals surface area contributed by atoms with E-state index in [0.717, 1.165) is 23.4 Å². The number of anilines is 1. The maximum atomic E-state index is 13.1. The van der Waals surface area contributed by atoms with E-state index in [-0.39, 0.29) is 11.6 Å². The predicted molar refractivity (Wildman–Crippen MR) is 110 cm³/mol. The van der Waals surface area contributed by atoms with Gasteiger partial charge in [0.15, 0.2) is 0 Å². The number of aliphatic imine (C=N–C) groups is 1. The fraction of sp³-hybridized carbons (Fsp3) is 0.286. The van der Waals surface area contributed by atoms with Gasteiger partial charge in [-0.2, -0.15) is 0 Å². The molecule has 2 aromatic heterocycles. The molecule has 0 saturated heterocycles. The van der Waals surface area contributed by atoms with Gasteiger partial charge in [-0.1, -0.05) is 13.0 Å². The van der Waals surface area contributed by atoms with E-state index < -0.39 is 0 Å². The predicted octanol–water partition coefficient (Wildman–Crippen LogP) is 3.97. The van der Waals surface area contributed by atoms with Crippen molar-refractivity contribution in [3.63, 3.8) is 0 Å². The number of aryl methyl sites for hydroxylation is 1. The van der Waals surface area contributed by atoms with E-state index in [1.807, 2.05) is 43.3 Å². The molecule has 0 aliphatic heterocycles. The van der Waals surface area contributed by atoms with E-state index in [0.29, 0.717) is 17.0 Å². The molecule has 140 valence electrons. The number of fused-ring (bicyclic) bond motifs is 1. The zero-order valence-corrected chi connectivity index (χ0v) is 16.1. The number of hydrogen-bond acceptors (Lipinski definition) is 5. The van der Waals surface area contributed by atoms with Gasteiger partial charge in [-0.15, -0.1) is 0 Å². The summed E-state index contributed by atoms with van der Waals surface area (Å²) in [6.45, 7) is 6.09. The summed E-state index contributed by atoms with van der Waals surface area (Å²) >= 11 is 0. The highest BCUT2D eigenvalue weighted by Gasteiger charge is 2.14. The van der Waals surface area contributed by atoms with Crippen LogP contribution in [-0.2, 0) is 0 Å². The summed E-state index contributed by atoms with van der Waals surface area (Å²) in [5.41, 5.74) is 2.62. The average Bonchev–Trinajstić information content (AvgIpc) is 2.69. The number of benzene rings is 1. The Bertz CT molecular complexity index is 1020. The average molecular weight is 364 g/mol. The molecular weight excluding hydrogens is 340 g/mol. The van der Waals surface area contributed by atoms with Gasteiger partial charge in [0.1, 0.15) is 22.8 Å². The van der Waals surface area contributed by atoms with Gasteiger partial charge >= 0.3 is 0 Å². The van der Waals surface area contributed by atoms with Crippen molar-refractivity contribution in [2.75, 3.05) is 12.4 Å². The van der Waals surface area contributed by atoms with Crippen LogP contribution in [0.25, 0.3) is 5.65 Å². The normalized spacial score (nSPS) is 12.4. The molecule has 6 nitrogen and oxygen atoms in total. The number of aromatic nitrogens is 2. The number of methoxy groups -OCH3 is 1. The molecular formula is C21H24N4O2. The van der Waals surface area contributed by atoms with E-state index in [1.165, 1.54) is 0 Å². The van der Waals surface area contributed by atoms with Crippen molar-refractivity contribution in [3.8, 4) is 5.75 Å². The number of rotatable bonds is 6. The molecule has 1 unspecified atom stereocenters. The maximum Gasteiger partial charge on any atom is 0.268 e. The lowest BCUT2D eigenvalue weighted by atomic mass is 10.2. The van der Waals surface area contributed by atoms with Gasteiger partial charge in [0.05, 0.1) is 12.8 Å². The van der Waals surface area contributed by atoms with Crippen LogP contribution in [0.5, 0.6) is 5.75 Å². The number of hydrogen-bond donors (Lipinski definition) is 1. The van der Waals surface area contributed by atoms with Crippen molar-refractivity contribution in [3.05, 3.63) is 64.1 Å². The van der Waals surface area contributed by atoms with Crippen molar-refractivity contribution in [1.82, 2.24) is 9.38 Å². The van der Waals surface area contributed by atoms with E-state index in [4.69, 9.17) is 9.72 Å². The highest BCUT2D eigenvalue weighted by molar-refractivity contribution is 5.88. The van der Waals surface area contributed by atoms with Crippen LogP contribution in [0.2, 0.25) is 0 Å². The van der Waals surface area contributed by atoms with Gasteiger partial charge < -0.3 is 10.1 Å². The topological polar surface area (TPSA) is 68.0 Å². The third kappa shape index (κ3) is 4.00. The molecule has 27 heavy (non-hydrogen) atoms. The second kappa shape index (κ2) is 8.03. The molecule has 2 heterocycles. The Labute approximate surface area is 158 Å². The summed E-state index contributed by atoms with van der Waals surface area (Å²) in [6.07, 6.45) is 4.23. The summed E-state index contributed by atoms with van der Waals surface area (Å²) < 4.78 is 6.72. The van der Waals surface area contributed by atoms with E-state index in [2.05, 4.69) is 24.2 Å². The van der Waals surface area contributed by atoms with E-state index in [1.54, 1.807) is 23.9 Å². The Kier molecular flexibility index (Phi) is 5.54. The minimum Gasteiger partial charge on any atom is -0.497 e. The molecule has 0 aliphatic carbocycles. The molecule has 0 amide bonds. The molecule has 0 spiro atoms. The van der Waals surface area contributed by atoms with Crippen LogP contribution in [0, 0.1) is 6.92 Å². The Balaban J connectivity index is 2.10. The van der Waals surface area contributed by atoms with Crippen LogP contribution in [-0.4, -0.2) is 28.8 Å². The summed E-state index contributed by atoms with van der Waals surface area (Å²) in [6, 6.07) is 11.3. The third-order valence-electron chi connectivity index (χ3n) is 4.49. The Morgan fingerprint density at radius 3 is 2.70 bits per heavy atom. The number of ether oxygens (including phenoxy) is 1. The van der Waals surface area contributed by atoms with Crippen molar-refractivity contribution in [1.29, 1.82) is 0 Å². The van der Waals surface area contributed by atoms with Gasteiger partial charge in [-0.25, -0.2) is 4.98 Å². The first kappa shape index (κ1) is 18.6. The van der Waals surface area contributed by atoms with Crippen molar-refractivity contribution < 1.29 is 4.74 Å². The van der Waals surface area contributed by atoms with Gasteiger partial charge in [-0.05, 0) is 56.2 Å². The first-order valence-electron chi connectivity index (χ1n) is 9.00. The van der Waals surface area contributed by atoms with Gasteiger partial charge in [-0.3, -0.25) is 14.2 Å². The highest BCUT2D eigenvalue weighted by atomic mass is 16.5. The van der Waals surface area contributed by atoms with Crippen LogP contribution in [0.1, 0.15) is 31.4 Å². The molecule has 3 aromatic rings. The molecule has 6 heteroatoms. The number of nitrogens with one attached hydrogen (secondary N) is 1. The van der Waals surface area contributed by atoms with Crippen LogP contribution < -0.4 is 15.6 Å². The van der Waals surface area contributed by atoms with Crippen LogP contribution in [0.15, 0.2) is 52.4 Å². The van der Waals surface area contributed by atoms with Crippen molar-refractivity contribution in [2.45, 2.75) is 33.2 Å². The third-order valence-corrected chi connectivity index (χ3v) is 4.49. The van der Waals surface area contributed by atoms with Gasteiger partial charge in [0, 0.05) is 18.5 Å². The Morgan fingerprint density at radius 2 is 2.04 bits per heavy atom. The monoisotopic (exact) mass is 364 g/mol. The number of pyridine rings is 1. The minimum absolute atomic E-state index is 0.147. The molecule has 0 aliphatic rings. The van der Waals surface area contributed by atoms with E-state index >= 15 is 0 Å².